The molecular formula is C23H21NO. The number of fused-ring (bicyclic) bond motifs is 1. The van der Waals surface area contributed by atoms with Crippen LogP contribution in [0.5, 0.6) is 0 Å². The Morgan fingerprint density at radius 3 is 2.00 bits per heavy atom. The number of para-hydroxylation sites is 1. The van der Waals surface area contributed by atoms with E-state index in [0.29, 0.717) is 0 Å². The Morgan fingerprint density at radius 2 is 1.36 bits per heavy atom. The summed E-state index contributed by atoms with van der Waals surface area (Å²) >= 11 is 0. The van der Waals surface area contributed by atoms with Gasteiger partial charge in [0, 0.05) is 12.7 Å². The third-order valence-electron chi connectivity index (χ3n) is 4.94. The molecule has 1 unspecified atom stereocenters. The van der Waals surface area contributed by atoms with Crippen LogP contribution in [0.1, 0.15) is 27.8 Å². The van der Waals surface area contributed by atoms with E-state index < -0.39 is 5.60 Å². The Labute approximate surface area is 148 Å². The highest BCUT2D eigenvalue weighted by Gasteiger charge is 2.45. The molecule has 2 nitrogen and oxygen atoms in total. The van der Waals surface area contributed by atoms with Crippen molar-refractivity contribution in [1.82, 2.24) is 0 Å². The molecule has 0 N–H and O–H groups in total. The van der Waals surface area contributed by atoms with Gasteiger partial charge in [0.05, 0.1) is 11.4 Å². The minimum absolute atomic E-state index is 0.681. The molecular weight excluding hydrogens is 306 g/mol. The van der Waals surface area contributed by atoms with Crippen molar-refractivity contribution in [3.8, 4) is 0 Å². The summed E-state index contributed by atoms with van der Waals surface area (Å²) in [6.45, 7) is 4.19. The van der Waals surface area contributed by atoms with Gasteiger partial charge in [0.25, 0.3) is 0 Å². The SMILES string of the molecule is COC1(c2ccc(C)cc2)C(c2ccc(C)cc2)=Nc2ccccc21. The fourth-order valence-electron chi connectivity index (χ4n) is 3.58. The third kappa shape index (κ3) is 2.41. The molecule has 1 heterocycles. The molecule has 3 aromatic rings. The van der Waals surface area contributed by atoms with Crippen molar-refractivity contribution < 1.29 is 4.74 Å². The van der Waals surface area contributed by atoms with E-state index in [9.17, 15) is 0 Å². The van der Waals surface area contributed by atoms with Crippen LogP contribution in [0.25, 0.3) is 0 Å². The van der Waals surface area contributed by atoms with Crippen LogP contribution in [0.2, 0.25) is 0 Å². The fraction of sp³-hybridized carbons (Fsp3) is 0.174. The Kier molecular flexibility index (Phi) is 3.78. The van der Waals surface area contributed by atoms with Crippen LogP contribution < -0.4 is 0 Å². The lowest BCUT2D eigenvalue weighted by atomic mass is 9.80. The lowest BCUT2D eigenvalue weighted by Crippen LogP contribution is -2.37. The Hall–Kier alpha value is -2.71. The molecule has 1 aliphatic rings. The molecule has 0 fully saturated rings. The second-order valence-corrected chi connectivity index (χ2v) is 6.59. The number of nitrogens with zero attached hydrogens (tertiary/aromatic N) is 1. The van der Waals surface area contributed by atoms with Crippen LogP contribution in [-0.2, 0) is 10.3 Å². The van der Waals surface area contributed by atoms with Crippen molar-refractivity contribution >= 4 is 11.4 Å². The van der Waals surface area contributed by atoms with E-state index in [-0.39, 0.29) is 0 Å². The summed E-state index contributed by atoms with van der Waals surface area (Å²) in [5.41, 5.74) is 6.99. The topological polar surface area (TPSA) is 21.6 Å². The second-order valence-electron chi connectivity index (χ2n) is 6.59. The van der Waals surface area contributed by atoms with Crippen LogP contribution in [0.3, 0.4) is 0 Å². The maximum atomic E-state index is 6.22. The normalized spacial score (nSPS) is 18.8. The fourth-order valence-corrected chi connectivity index (χ4v) is 3.58. The minimum atomic E-state index is -0.681. The maximum absolute atomic E-state index is 6.22. The molecule has 0 spiro atoms. The van der Waals surface area contributed by atoms with E-state index in [1.807, 2.05) is 12.1 Å². The average molecular weight is 327 g/mol. The van der Waals surface area contributed by atoms with Gasteiger partial charge in [-0.1, -0.05) is 77.9 Å². The van der Waals surface area contributed by atoms with Crippen LogP contribution in [0, 0.1) is 13.8 Å². The quantitative estimate of drug-likeness (QED) is 0.637. The number of aliphatic imine (C=N–C) groups is 1. The van der Waals surface area contributed by atoms with Gasteiger partial charge in [-0.15, -0.1) is 0 Å². The Balaban J connectivity index is 1.98. The first-order valence-corrected chi connectivity index (χ1v) is 8.53. The average Bonchev–Trinajstić information content (AvgIpc) is 2.98. The molecule has 3 aromatic carbocycles. The molecule has 124 valence electrons. The van der Waals surface area contributed by atoms with Crippen molar-refractivity contribution in [2.45, 2.75) is 19.4 Å². The largest absolute Gasteiger partial charge is 0.362 e. The first kappa shape index (κ1) is 15.8. The van der Waals surface area contributed by atoms with Gasteiger partial charge >= 0.3 is 0 Å². The van der Waals surface area contributed by atoms with Gasteiger partial charge in [-0.05, 0) is 31.0 Å². The summed E-state index contributed by atoms with van der Waals surface area (Å²) in [6.07, 6.45) is 0. The highest BCUT2D eigenvalue weighted by atomic mass is 16.5. The molecule has 0 aliphatic carbocycles. The van der Waals surface area contributed by atoms with Crippen molar-refractivity contribution in [2.24, 2.45) is 4.99 Å². The number of hydrogen-bond donors (Lipinski definition) is 0. The maximum Gasteiger partial charge on any atom is 0.162 e. The lowest BCUT2D eigenvalue weighted by Gasteiger charge is -2.31. The number of rotatable bonds is 3. The minimum Gasteiger partial charge on any atom is -0.362 e. The van der Waals surface area contributed by atoms with Crippen molar-refractivity contribution in [3.63, 3.8) is 0 Å². The molecule has 0 aromatic heterocycles. The van der Waals surface area contributed by atoms with Crippen LogP contribution in [0.15, 0.2) is 77.8 Å². The van der Waals surface area contributed by atoms with Crippen LogP contribution in [0.4, 0.5) is 5.69 Å². The van der Waals surface area contributed by atoms with Crippen molar-refractivity contribution in [1.29, 1.82) is 0 Å². The van der Waals surface area contributed by atoms with E-state index >= 15 is 0 Å². The Bertz CT molecular complexity index is 939. The van der Waals surface area contributed by atoms with Gasteiger partial charge in [-0.2, -0.15) is 0 Å². The zero-order valence-corrected chi connectivity index (χ0v) is 14.8. The number of ether oxygens (including phenoxy) is 1. The van der Waals surface area contributed by atoms with E-state index in [0.717, 1.165) is 28.1 Å². The highest BCUT2D eigenvalue weighted by molar-refractivity contribution is 6.13. The lowest BCUT2D eigenvalue weighted by molar-refractivity contribution is 0.0868. The highest BCUT2D eigenvalue weighted by Crippen LogP contribution is 2.47. The van der Waals surface area contributed by atoms with Gasteiger partial charge in [0.2, 0.25) is 0 Å². The van der Waals surface area contributed by atoms with E-state index in [1.165, 1.54) is 11.1 Å². The summed E-state index contributed by atoms with van der Waals surface area (Å²) in [4.78, 5) is 4.97. The Morgan fingerprint density at radius 1 is 0.760 bits per heavy atom. The van der Waals surface area contributed by atoms with E-state index in [2.05, 4.69) is 74.5 Å². The molecule has 1 aliphatic heterocycles. The molecule has 0 radical (unpaired) electrons. The molecule has 0 saturated carbocycles. The van der Waals surface area contributed by atoms with Crippen molar-refractivity contribution in [2.75, 3.05) is 7.11 Å². The first-order chi connectivity index (χ1) is 12.1. The molecule has 2 heteroatoms. The van der Waals surface area contributed by atoms with Crippen LogP contribution in [-0.4, -0.2) is 12.8 Å². The smallest absolute Gasteiger partial charge is 0.162 e. The monoisotopic (exact) mass is 327 g/mol. The summed E-state index contributed by atoms with van der Waals surface area (Å²) in [5.74, 6) is 0. The molecule has 0 bridgehead atoms. The second kappa shape index (κ2) is 5.98. The molecule has 0 saturated heterocycles. The van der Waals surface area contributed by atoms with Gasteiger partial charge in [0.15, 0.2) is 5.60 Å². The number of hydrogen-bond acceptors (Lipinski definition) is 2. The summed E-state index contributed by atoms with van der Waals surface area (Å²) in [5, 5.41) is 0. The van der Waals surface area contributed by atoms with Gasteiger partial charge in [0.1, 0.15) is 0 Å². The zero-order valence-electron chi connectivity index (χ0n) is 14.8. The van der Waals surface area contributed by atoms with E-state index in [4.69, 9.17) is 9.73 Å². The number of aryl methyl sites for hydroxylation is 2. The van der Waals surface area contributed by atoms with Gasteiger partial charge in [-0.25, -0.2) is 4.99 Å². The molecule has 1 atom stereocenters. The summed E-state index contributed by atoms with van der Waals surface area (Å²) in [6, 6.07) is 25.3. The van der Waals surface area contributed by atoms with Crippen molar-refractivity contribution in [3.05, 3.63) is 101 Å². The standard InChI is InChI=1S/C23H21NO/c1-16-8-12-18(13-9-16)22-23(25-3,19-14-10-17(2)11-15-19)20-6-4-5-7-21(20)24-22/h4-15H,1-3H3. The van der Waals surface area contributed by atoms with Gasteiger partial charge < -0.3 is 4.74 Å². The third-order valence-corrected chi connectivity index (χ3v) is 4.94. The predicted molar refractivity (Wildman–Crippen MR) is 103 cm³/mol. The molecule has 25 heavy (non-hydrogen) atoms. The van der Waals surface area contributed by atoms with E-state index in [1.54, 1.807) is 7.11 Å². The van der Waals surface area contributed by atoms with Gasteiger partial charge in [-0.3, -0.25) is 0 Å². The molecule has 0 amide bonds. The summed E-state index contributed by atoms with van der Waals surface area (Å²) < 4.78 is 6.22. The number of benzene rings is 3. The van der Waals surface area contributed by atoms with Crippen LogP contribution >= 0.6 is 0 Å². The molecule has 4 rings (SSSR count). The predicted octanol–water partition coefficient (Wildman–Crippen LogP) is 5.33. The first-order valence-electron chi connectivity index (χ1n) is 8.53. The summed E-state index contributed by atoms with van der Waals surface area (Å²) in [7, 11) is 1.77. The zero-order chi connectivity index (χ0) is 17.4. The number of methoxy groups -OCH3 is 1.